The largest absolute Gasteiger partial charge is 0.357 e. The van der Waals surface area contributed by atoms with Gasteiger partial charge in [-0.1, -0.05) is 24.8 Å². The summed E-state index contributed by atoms with van der Waals surface area (Å²) in [7, 11) is 0. The molecule has 0 fully saturated rings. The molecule has 0 aromatic carbocycles. The van der Waals surface area contributed by atoms with Gasteiger partial charge in [-0.2, -0.15) is 5.10 Å². The first kappa shape index (κ1) is 18.7. The molecule has 0 saturated heterocycles. The summed E-state index contributed by atoms with van der Waals surface area (Å²) in [6.07, 6.45) is 9.11. The van der Waals surface area contributed by atoms with Gasteiger partial charge in [0.05, 0.1) is 22.6 Å². The maximum atomic E-state index is 4.86. The van der Waals surface area contributed by atoms with Gasteiger partial charge in [-0.25, -0.2) is 4.98 Å². The van der Waals surface area contributed by atoms with Crippen molar-refractivity contribution in [2.75, 3.05) is 0 Å². The van der Waals surface area contributed by atoms with E-state index in [2.05, 4.69) is 37.8 Å². The summed E-state index contributed by atoms with van der Waals surface area (Å²) in [5.74, 6) is 0. The molecule has 6 nitrogen and oxygen atoms in total. The topological polar surface area (TPSA) is 83.1 Å². The summed E-state index contributed by atoms with van der Waals surface area (Å²) in [4.78, 5) is 17.0. The molecule has 0 bridgehead atoms. The van der Waals surface area contributed by atoms with Crippen LogP contribution in [0.5, 0.6) is 0 Å². The predicted molar refractivity (Wildman–Crippen MR) is 123 cm³/mol. The number of allylic oxidation sites excluding steroid dienone is 2. The van der Waals surface area contributed by atoms with Crippen LogP contribution in [-0.4, -0.2) is 30.1 Å². The summed E-state index contributed by atoms with van der Waals surface area (Å²) >= 11 is 0. The Morgan fingerprint density at radius 3 is 2.77 bits per heavy atom. The van der Waals surface area contributed by atoms with Crippen LogP contribution in [-0.2, 0) is 0 Å². The van der Waals surface area contributed by atoms with Crippen molar-refractivity contribution in [2.24, 2.45) is 0 Å². The first-order valence-electron chi connectivity index (χ1n) is 9.94. The fraction of sp³-hybridized carbons (Fsp3) is 0.0400. The molecule has 31 heavy (non-hydrogen) atoms. The van der Waals surface area contributed by atoms with E-state index in [1.165, 1.54) is 0 Å². The first-order valence-corrected chi connectivity index (χ1v) is 9.94. The molecule has 5 rings (SSSR count). The Kier molecular flexibility index (Phi) is 4.72. The number of aromatic nitrogens is 6. The monoisotopic (exact) mass is 404 g/mol. The molecular formula is C25H20N6. The number of aromatic amines is 2. The van der Waals surface area contributed by atoms with E-state index in [1.54, 1.807) is 18.5 Å². The van der Waals surface area contributed by atoms with Crippen molar-refractivity contribution in [3.05, 3.63) is 103 Å². The highest BCUT2D eigenvalue weighted by atomic mass is 15.1. The molecule has 0 spiro atoms. The van der Waals surface area contributed by atoms with Gasteiger partial charge in [0, 0.05) is 41.0 Å². The van der Waals surface area contributed by atoms with Crippen LogP contribution >= 0.6 is 0 Å². The molecule has 0 unspecified atom stereocenters. The summed E-state index contributed by atoms with van der Waals surface area (Å²) in [5.41, 5.74) is 9.12. The standard InChI is InChI=1S/C25H20N6/c1-3-7-18(21-9-4-5-13-27-21)19-14-23(28-16(19)2)25-24-22(30-31-25)11-10-20(29-24)17-8-6-12-26-15-17/h3-15,28H,1H2,2H3,(H,30,31)/b18-7+. The van der Waals surface area contributed by atoms with E-state index in [4.69, 9.17) is 4.98 Å². The van der Waals surface area contributed by atoms with Gasteiger partial charge in [-0.15, -0.1) is 0 Å². The Morgan fingerprint density at radius 1 is 1.06 bits per heavy atom. The Balaban J connectivity index is 1.62. The molecule has 0 amide bonds. The SMILES string of the molecule is C=C/C=C(/c1ccccn1)c1cc(-c2n[nH]c3ccc(-c4cccnc4)nc23)[nH]c1C. The van der Waals surface area contributed by atoms with E-state index >= 15 is 0 Å². The molecule has 6 heteroatoms. The van der Waals surface area contributed by atoms with Gasteiger partial charge < -0.3 is 4.98 Å². The summed E-state index contributed by atoms with van der Waals surface area (Å²) in [5, 5.41) is 7.63. The molecule has 5 heterocycles. The Hall–Kier alpha value is -4.32. The number of rotatable bonds is 5. The van der Waals surface area contributed by atoms with Crippen molar-refractivity contribution in [1.29, 1.82) is 0 Å². The minimum Gasteiger partial charge on any atom is -0.357 e. The Labute approximate surface area is 179 Å². The average molecular weight is 404 g/mol. The van der Waals surface area contributed by atoms with Crippen LogP contribution in [0.2, 0.25) is 0 Å². The number of nitrogens with one attached hydrogen (secondary N) is 2. The lowest BCUT2D eigenvalue weighted by molar-refractivity contribution is 1.11. The van der Waals surface area contributed by atoms with E-state index in [-0.39, 0.29) is 0 Å². The third kappa shape index (κ3) is 3.44. The predicted octanol–water partition coefficient (Wildman–Crippen LogP) is 5.34. The molecule has 0 radical (unpaired) electrons. The van der Waals surface area contributed by atoms with Crippen molar-refractivity contribution >= 4 is 16.6 Å². The summed E-state index contributed by atoms with van der Waals surface area (Å²) in [6, 6.07) is 15.8. The molecule has 5 aromatic rings. The lowest BCUT2D eigenvalue weighted by Crippen LogP contribution is -1.91. The van der Waals surface area contributed by atoms with Gasteiger partial charge in [-0.05, 0) is 49.4 Å². The van der Waals surface area contributed by atoms with E-state index in [9.17, 15) is 0 Å². The molecule has 2 N–H and O–H groups in total. The smallest absolute Gasteiger partial charge is 0.135 e. The normalized spacial score (nSPS) is 11.7. The van der Waals surface area contributed by atoms with Crippen molar-refractivity contribution in [3.8, 4) is 22.6 Å². The highest BCUT2D eigenvalue weighted by molar-refractivity contribution is 5.92. The highest BCUT2D eigenvalue weighted by Crippen LogP contribution is 2.32. The van der Waals surface area contributed by atoms with Gasteiger partial charge in [0.2, 0.25) is 0 Å². The van der Waals surface area contributed by atoms with Gasteiger partial charge in [0.1, 0.15) is 11.2 Å². The third-order valence-corrected chi connectivity index (χ3v) is 5.15. The number of H-pyrrole nitrogens is 2. The van der Waals surface area contributed by atoms with Gasteiger partial charge >= 0.3 is 0 Å². The Morgan fingerprint density at radius 2 is 2.00 bits per heavy atom. The number of fused-ring (bicyclic) bond motifs is 1. The summed E-state index contributed by atoms with van der Waals surface area (Å²) < 4.78 is 0. The molecule has 0 aliphatic rings. The number of hydrogen-bond acceptors (Lipinski definition) is 4. The minimum atomic E-state index is 0.772. The van der Waals surface area contributed by atoms with Crippen LogP contribution in [0, 0.1) is 6.92 Å². The maximum Gasteiger partial charge on any atom is 0.135 e. The van der Waals surface area contributed by atoms with Crippen LogP contribution in [0.4, 0.5) is 0 Å². The van der Waals surface area contributed by atoms with E-state index in [0.29, 0.717) is 0 Å². The second-order valence-electron chi connectivity index (χ2n) is 7.16. The molecule has 0 aliphatic heterocycles. The quantitative estimate of drug-likeness (QED) is 0.388. The summed E-state index contributed by atoms with van der Waals surface area (Å²) in [6.45, 7) is 5.91. The average Bonchev–Trinajstić information content (AvgIpc) is 3.41. The molecule has 0 saturated carbocycles. The second kappa shape index (κ2) is 7.84. The molecular weight excluding hydrogens is 384 g/mol. The zero-order chi connectivity index (χ0) is 21.2. The molecule has 0 atom stereocenters. The lowest BCUT2D eigenvalue weighted by Gasteiger charge is -2.05. The van der Waals surface area contributed by atoms with Crippen LogP contribution in [0.15, 0.2) is 85.9 Å². The van der Waals surface area contributed by atoms with Crippen LogP contribution in [0.1, 0.15) is 17.0 Å². The zero-order valence-electron chi connectivity index (χ0n) is 17.0. The molecule has 150 valence electrons. The van der Waals surface area contributed by atoms with Crippen molar-refractivity contribution in [1.82, 2.24) is 30.1 Å². The fourth-order valence-corrected chi connectivity index (χ4v) is 3.68. The van der Waals surface area contributed by atoms with E-state index in [0.717, 1.165) is 56.2 Å². The van der Waals surface area contributed by atoms with Gasteiger partial charge in [0.25, 0.3) is 0 Å². The number of aryl methyl sites for hydroxylation is 1. The van der Waals surface area contributed by atoms with E-state index in [1.807, 2.05) is 61.7 Å². The second-order valence-corrected chi connectivity index (χ2v) is 7.16. The van der Waals surface area contributed by atoms with Crippen molar-refractivity contribution < 1.29 is 0 Å². The number of pyridine rings is 3. The third-order valence-electron chi connectivity index (χ3n) is 5.15. The van der Waals surface area contributed by atoms with Crippen LogP contribution in [0.25, 0.3) is 39.3 Å². The minimum absolute atomic E-state index is 0.772. The lowest BCUT2D eigenvalue weighted by atomic mass is 10.0. The molecule has 5 aromatic heterocycles. The molecule has 0 aliphatic carbocycles. The maximum absolute atomic E-state index is 4.86. The number of nitrogens with zero attached hydrogens (tertiary/aromatic N) is 4. The number of hydrogen-bond donors (Lipinski definition) is 2. The first-order chi connectivity index (χ1) is 15.2. The van der Waals surface area contributed by atoms with Crippen LogP contribution < -0.4 is 0 Å². The van der Waals surface area contributed by atoms with Crippen LogP contribution in [0.3, 0.4) is 0 Å². The fourth-order valence-electron chi connectivity index (χ4n) is 3.68. The van der Waals surface area contributed by atoms with Crippen molar-refractivity contribution in [2.45, 2.75) is 6.92 Å². The van der Waals surface area contributed by atoms with E-state index < -0.39 is 0 Å². The highest BCUT2D eigenvalue weighted by Gasteiger charge is 2.17. The zero-order valence-corrected chi connectivity index (χ0v) is 17.0. The van der Waals surface area contributed by atoms with Gasteiger partial charge in [0.15, 0.2) is 0 Å². The van der Waals surface area contributed by atoms with Crippen molar-refractivity contribution in [3.63, 3.8) is 0 Å². The Bertz CT molecular complexity index is 1390. The van der Waals surface area contributed by atoms with Gasteiger partial charge in [-0.3, -0.25) is 15.1 Å².